The van der Waals surface area contributed by atoms with Gasteiger partial charge in [0.25, 0.3) is 0 Å². The lowest BCUT2D eigenvalue weighted by molar-refractivity contribution is 1.25. The van der Waals surface area contributed by atoms with Crippen molar-refractivity contribution >= 4 is 28.7 Å². The number of nitrogens with zero attached hydrogens (tertiary/aromatic N) is 1. The Labute approximate surface area is 118 Å². The predicted molar refractivity (Wildman–Crippen MR) is 84.1 cm³/mol. The minimum Gasteiger partial charge on any atom is -0.389 e. The predicted octanol–water partition coefficient (Wildman–Crippen LogP) is 3.38. The molecule has 2 aromatic rings. The standard InChI is InChI=1S/C15H17N3S/c1-9-4-5-12(11(3)8-9)18-15-13(14(16)19)10(2)6-7-17-15/h4-8H,1-3H3,(H2,16,19)(H,17,18). The van der Waals surface area contributed by atoms with Gasteiger partial charge < -0.3 is 11.1 Å². The molecule has 0 bridgehead atoms. The van der Waals surface area contributed by atoms with E-state index in [9.17, 15) is 0 Å². The Balaban J connectivity index is 2.44. The van der Waals surface area contributed by atoms with E-state index in [1.165, 1.54) is 5.56 Å². The summed E-state index contributed by atoms with van der Waals surface area (Å²) < 4.78 is 0. The molecule has 0 saturated heterocycles. The lowest BCUT2D eigenvalue weighted by Crippen LogP contribution is -2.15. The number of nitrogens with one attached hydrogen (secondary N) is 1. The maximum absolute atomic E-state index is 5.78. The zero-order valence-corrected chi connectivity index (χ0v) is 12.1. The number of pyridine rings is 1. The van der Waals surface area contributed by atoms with Crippen LogP contribution in [-0.2, 0) is 0 Å². The molecule has 0 atom stereocenters. The third-order valence-corrected chi connectivity index (χ3v) is 3.24. The molecule has 0 aliphatic rings. The summed E-state index contributed by atoms with van der Waals surface area (Å²) in [6, 6.07) is 8.13. The van der Waals surface area contributed by atoms with Gasteiger partial charge in [-0.3, -0.25) is 0 Å². The smallest absolute Gasteiger partial charge is 0.140 e. The average Bonchev–Trinajstić information content (AvgIpc) is 2.32. The fourth-order valence-corrected chi connectivity index (χ4v) is 2.30. The molecule has 1 aromatic heterocycles. The molecule has 3 nitrogen and oxygen atoms in total. The van der Waals surface area contributed by atoms with Crippen LogP contribution in [0.1, 0.15) is 22.3 Å². The van der Waals surface area contributed by atoms with Gasteiger partial charge in [0.2, 0.25) is 0 Å². The zero-order valence-electron chi connectivity index (χ0n) is 11.3. The lowest BCUT2D eigenvalue weighted by atomic mass is 10.1. The minimum atomic E-state index is 0.359. The number of rotatable bonds is 3. The van der Waals surface area contributed by atoms with Gasteiger partial charge in [0.15, 0.2) is 0 Å². The van der Waals surface area contributed by atoms with E-state index in [4.69, 9.17) is 18.0 Å². The van der Waals surface area contributed by atoms with Crippen LogP contribution in [0, 0.1) is 20.8 Å². The van der Waals surface area contributed by atoms with Crippen LogP contribution >= 0.6 is 12.2 Å². The van der Waals surface area contributed by atoms with E-state index in [2.05, 4.69) is 36.3 Å². The zero-order chi connectivity index (χ0) is 14.0. The Hall–Kier alpha value is -1.94. The Kier molecular flexibility index (Phi) is 3.81. The number of aryl methyl sites for hydroxylation is 3. The second kappa shape index (κ2) is 5.36. The summed E-state index contributed by atoms with van der Waals surface area (Å²) in [6.07, 6.45) is 1.75. The summed E-state index contributed by atoms with van der Waals surface area (Å²) in [5, 5.41) is 3.31. The molecular weight excluding hydrogens is 254 g/mol. The molecular formula is C15H17N3S. The summed E-state index contributed by atoms with van der Waals surface area (Å²) >= 11 is 5.10. The molecule has 4 heteroatoms. The number of thiocarbonyl (C=S) groups is 1. The number of benzene rings is 1. The monoisotopic (exact) mass is 271 g/mol. The van der Waals surface area contributed by atoms with Crippen molar-refractivity contribution in [2.45, 2.75) is 20.8 Å². The van der Waals surface area contributed by atoms with Crippen LogP contribution in [-0.4, -0.2) is 9.97 Å². The number of anilines is 2. The van der Waals surface area contributed by atoms with Crippen LogP contribution in [0.15, 0.2) is 30.5 Å². The van der Waals surface area contributed by atoms with E-state index in [0.717, 1.165) is 22.4 Å². The molecule has 0 radical (unpaired) electrons. The molecule has 0 aliphatic carbocycles. The first-order valence-electron chi connectivity index (χ1n) is 6.08. The molecule has 98 valence electrons. The van der Waals surface area contributed by atoms with E-state index in [1.54, 1.807) is 6.20 Å². The van der Waals surface area contributed by atoms with Crippen LogP contribution in [0.25, 0.3) is 0 Å². The van der Waals surface area contributed by atoms with Crippen LogP contribution in [0.3, 0.4) is 0 Å². The molecule has 2 rings (SSSR count). The fraction of sp³-hybridized carbons (Fsp3) is 0.200. The van der Waals surface area contributed by atoms with Gasteiger partial charge in [-0.15, -0.1) is 0 Å². The number of aromatic nitrogens is 1. The molecule has 1 aromatic carbocycles. The van der Waals surface area contributed by atoms with Gasteiger partial charge in [-0.25, -0.2) is 4.98 Å². The minimum absolute atomic E-state index is 0.359. The van der Waals surface area contributed by atoms with Crippen LogP contribution in [0.4, 0.5) is 11.5 Å². The maximum Gasteiger partial charge on any atom is 0.140 e. The molecule has 0 unspecified atom stereocenters. The first-order chi connectivity index (χ1) is 8.99. The first kappa shape index (κ1) is 13.5. The highest BCUT2D eigenvalue weighted by Crippen LogP contribution is 2.24. The molecule has 0 saturated carbocycles. The van der Waals surface area contributed by atoms with Crippen molar-refractivity contribution in [3.63, 3.8) is 0 Å². The third-order valence-electron chi connectivity index (χ3n) is 3.04. The van der Waals surface area contributed by atoms with E-state index in [1.807, 2.05) is 19.1 Å². The normalized spacial score (nSPS) is 10.3. The van der Waals surface area contributed by atoms with Crippen LogP contribution in [0.5, 0.6) is 0 Å². The Morgan fingerprint density at radius 2 is 1.89 bits per heavy atom. The highest BCUT2D eigenvalue weighted by Gasteiger charge is 2.10. The molecule has 3 N–H and O–H groups in total. The summed E-state index contributed by atoms with van der Waals surface area (Å²) in [4.78, 5) is 4.70. The van der Waals surface area contributed by atoms with E-state index in [-0.39, 0.29) is 0 Å². The molecule has 19 heavy (non-hydrogen) atoms. The molecule has 0 amide bonds. The van der Waals surface area contributed by atoms with Gasteiger partial charge in [0, 0.05) is 11.9 Å². The topological polar surface area (TPSA) is 50.9 Å². The SMILES string of the molecule is Cc1ccc(Nc2nccc(C)c2C(N)=S)c(C)c1. The van der Waals surface area contributed by atoms with Crippen molar-refractivity contribution in [1.82, 2.24) is 4.98 Å². The summed E-state index contributed by atoms with van der Waals surface area (Å²) in [5.41, 5.74) is 11.0. The van der Waals surface area contributed by atoms with Gasteiger partial charge in [0.05, 0.1) is 5.56 Å². The fourth-order valence-electron chi connectivity index (χ4n) is 2.05. The van der Waals surface area contributed by atoms with Crippen molar-refractivity contribution < 1.29 is 0 Å². The summed E-state index contributed by atoms with van der Waals surface area (Å²) in [5.74, 6) is 0.708. The highest BCUT2D eigenvalue weighted by atomic mass is 32.1. The summed E-state index contributed by atoms with van der Waals surface area (Å²) in [6.45, 7) is 6.11. The van der Waals surface area contributed by atoms with Crippen molar-refractivity contribution in [3.05, 3.63) is 52.7 Å². The Morgan fingerprint density at radius 1 is 1.16 bits per heavy atom. The number of nitrogens with two attached hydrogens (primary N) is 1. The van der Waals surface area contributed by atoms with Gasteiger partial charge >= 0.3 is 0 Å². The molecule has 0 fully saturated rings. The Bertz CT molecular complexity index is 635. The number of hydrogen-bond donors (Lipinski definition) is 2. The molecule has 0 spiro atoms. The maximum atomic E-state index is 5.78. The van der Waals surface area contributed by atoms with Gasteiger partial charge in [0.1, 0.15) is 10.8 Å². The molecule has 0 aliphatic heterocycles. The van der Waals surface area contributed by atoms with Crippen molar-refractivity contribution in [1.29, 1.82) is 0 Å². The Morgan fingerprint density at radius 3 is 2.53 bits per heavy atom. The first-order valence-corrected chi connectivity index (χ1v) is 6.49. The molecule has 1 heterocycles. The number of hydrogen-bond acceptors (Lipinski definition) is 3. The van der Waals surface area contributed by atoms with Gasteiger partial charge in [-0.1, -0.05) is 29.9 Å². The van der Waals surface area contributed by atoms with Crippen LogP contribution < -0.4 is 11.1 Å². The second-order valence-electron chi connectivity index (χ2n) is 4.66. The van der Waals surface area contributed by atoms with Crippen molar-refractivity contribution in [3.8, 4) is 0 Å². The highest BCUT2D eigenvalue weighted by molar-refractivity contribution is 7.80. The van der Waals surface area contributed by atoms with Crippen molar-refractivity contribution in [2.24, 2.45) is 5.73 Å². The largest absolute Gasteiger partial charge is 0.389 e. The second-order valence-corrected chi connectivity index (χ2v) is 5.10. The third kappa shape index (κ3) is 2.90. The van der Waals surface area contributed by atoms with Gasteiger partial charge in [-0.2, -0.15) is 0 Å². The quantitative estimate of drug-likeness (QED) is 0.840. The van der Waals surface area contributed by atoms with E-state index >= 15 is 0 Å². The van der Waals surface area contributed by atoms with E-state index in [0.29, 0.717) is 10.8 Å². The lowest BCUT2D eigenvalue weighted by Gasteiger charge is -2.14. The van der Waals surface area contributed by atoms with E-state index < -0.39 is 0 Å². The van der Waals surface area contributed by atoms with Gasteiger partial charge in [-0.05, 0) is 44.0 Å². The average molecular weight is 271 g/mol. The summed E-state index contributed by atoms with van der Waals surface area (Å²) in [7, 11) is 0. The van der Waals surface area contributed by atoms with Crippen molar-refractivity contribution in [2.75, 3.05) is 5.32 Å². The van der Waals surface area contributed by atoms with Crippen LogP contribution in [0.2, 0.25) is 0 Å².